The summed E-state index contributed by atoms with van der Waals surface area (Å²) in [7, 11) is -2.28. The molecule has 156 valence electrons. The molecular formula is C20H22Cl2N2O4S. The number of piperidine rings is 1. The summed E-state index contributed by atoms with van der Waals surface area (Å²) in [5, 5.41) is 3.74. The minimum atomic E-state index is -3.75. The van der Waals surface area contributed by atoms with Crippen molar-refractivity contribution in [2.75, 3.05) is 20.2 Å². The second kappa shape index (κ2) is 9.34. The Bertz CT molecular complexity index is 980. The SMILES string of the molecule is COc1ccc(S(=O)(=O)N2CCC[C@H](C(=O)NCc3ccc(Cl)cc3)C2)cc1Cl. The number of carbonyl (C=O) groups excluding carboxylic acids is 1. The molecule has 0 aliphatic carbocycles. The van der Waals surface area contributed by atoms with E-state index in [-0.39, 0.29) is 22.4 Å². The molecule has 1 amide bonds. The summed E-state index contributed by atoms with van der Waals surface area (Å²) in [6.45, 7) is 0.874. The molecule has 9 heteroatoms. The van der Waals surface area contributed by atoms with E-state index in [1.807, 2.05) is 12.1 Å². The summed E-state index contributed by atoms with van der Waals surface area (Å²) in [5.41, 5.74) is 0.927. The molecule has 0 aromatic heterocycles. The standard InChI is InChI=1S/C20H22Cl2N2O4S/c1-28-19-9-8-17(11-18(19)22)29(26,27)24-10-2-3-15(13-24)20(25)23-12-14-4-6-16(21)7-5-14/h4-9,11,15H,2-3,10,12-13H2,1H3,(H,23,25)/t15-/m0/s1. The van der Waals surface area contributed by atoms with Gasteiger partial charge in [0.1, 0.15) is 5.75 Å². The fourth-order valence-electron chi connectivity index (χ4n) is 3.27. The molecular weight excluding hydrogens is 435 g/mol. The first-order chi connectivity index (χ1) is 13.8. The number of benzene rings is 2. The topological polar surface area (TPSA) is 75.7 Å². The molecule has 1 fully saturated rings. The van der Waals surface area contributed by atoms with Crippen molar-refractivity contribution in [1.29, 1.82) is 0 Å². The van der Waals surface area contributed by atoms with Gasteiger partial charge in [0.25, 0.3) is 0 Å². The summed E-state index contributed by atoms with van der Waals surface area (Å²) in [6, 6.07) is 11.6. The van der Waals surface area contributed by atoms with E-state index in [2.05, 4.69) is 5.32 Å². The number of nitrogens with zero attached hydrogens (tertiary/aromatic N) is 1. The van der Waals surface area contributed by atoms with Crippen molar-refractivity contribution in [1.82, 2.24) is 9.62 Å². The van der Waals surface area contributed by atoms with E-state index in [0.717, 1.165) is 5.56 Å². The number of hydrogen-bond acceptors (Lipinski definition) is 4. The third-order valence-corrected chi connectivity index (χ3v) is 7.30. The van der Waals surface area contributed by atoms with Gasteiger partial charge < -0.3 is 10.1 Å². The van der Waals surface area contributed by atoms with Crippen molar-refractivity contribution in [3.8, 4) is 5.75 Å². The van der Waals surface area contributed by atoms with E-state index >= 15 is 0 Å². The molecule has 6 nitrogen and oxygen atoms in total. The van der Waals surface area contributed by atoms with Gasteiger partial charge in [0.05, 0.1) is 22.9 Å². The van der Waals surface area contributed by atoms with Crippen molar-refractivity contribution in [2.24, 2.45) is 5.92 Å². The maximum atomic E-state index is 13.0. The van der Waals surface area contributed by atoms with Crippen LogP contribution in [0.3, 0.4) is 0 Å². The molecule has 1 aliphatic heterocycles. The number of halogens is 2. The first kappa shape index (κ1) is 21.9. The zero-order chi connectivity index (χ0) is 21.0. The van der Waals surface area contributed by atoms with Crippen molar-refractivity contribution in [3.63, 3.8) is 0 Å². The Morgan fingerprint density at radius 1 is 1.21 bits per heavy atom. The highest BCUT2D eigenvalue weighted by molar-refractivity contribution is 7.89. The third kappa shape index (κ3) is 5.22. The molecule has 1 aliphatic rings. The Balaban J connectivity index is 1.66. The number of hydrogen-bond donors (Lipinski definition) is 1. The van der Waals surface area contributed by atoms with Gasteiger partial charge in [-0.1, -0.05) is 35.3 Å². The molecule has 0 bridgehead atoms. The zero-order valence-electron chi connectivity index (χ0n) is 15.9. The summed E-state index contributed by atoms with van der Waals surface area (Å²) >= 11 is 11.9. The first-order valence-corrected chi connectivity index (χ1v) is 11.4. The molecule has 1 N–H and O–H groups in total. The summed E-state index contributed by atoms with van der Waals surface area (Å²) in [6.07, 6.45) is 1.25. The van der Waals surface area contributed by atoms with Crippen molar-refractivity contribution in [3.05, 3.63) is 58.1 Å². The Morgan fingerprint density at radius 2 is 1.93 bits per heavy atom. The Kier molecular flexibility index (Phi) is 7.05. The van der Waals surface area contributed by atoms with Crippen LogP contribution in [0, 0.1) is 5.92 Å². The van der Waals surface area contributed by atoms with Gasteiger partial charge in [-0.25, -0.2) is 8.42 Å². The van der Waals surface area contributed by atoms with Crippen molar-refractivity contribution in [2.45, 2.75) is 24.3 Å². The normalized spacial score (nSPS) is 17.7. The largest absolute Gasteiger partial charge is 0.495 e. The van der Waals surface area contributed by atoms with Gasteiger partial charge in [0.15, 0.2) is 0 Å². The predicted octanol–water partition coefficient (Wildman–Crippen LogP) is 3.72. The van der Waals surface area contributed by atoms with Gasteiger partial charge in [-0.3, -0.25) is 4.79 Å². The number of nitrogens with one attached hydrogen (secondary N) is 1. The number of carbonyl (C=O) groups is 1. The predicted molar refractivity (Wildman–Crippen MR) is 113 cm³/mol. The van der Waals surface area contributed by atoms with Gasteiger partial charge in [0.2, 0.25) is 15.9 Å². The molecule has 1 heterocycles. The minimum absolute atomic E-state index is 0.0884. The van der Waals surface area contributed by atoms with E-state index in [1.54, 1.807) is 12.1 Å². The van der Waals surface area contributed by atoms with Crippen LogP contribution in [0.15, 0.2) is 47.4 Å². The van der Waals surface area contributed by atoms with Gasteiger partial charge in [0, 0.05) is 24.7 Å². The lowest BCUT2D eigenvalue weighted by Crippen LogP contribution is -2.45. The average molecular weight is 457 g/mol. The molecule has 2 aromatic carbocycles. The number of methoxy groups -OCH3 is 1. The fourth-order valence-corrected chi connectivity index (χ4v) is 5.27. The molecule has 0 unspecified atom stereocenters. The highest BCUT2D eigenvalue weighted by Crippen LogP contribution is 2.30. The van der Waals surface area contributed by atoms with Crippen molar-refractivity contribution >= 4 is 39.1 Å². The van der Waals surface area contributed by atoms with Gasteiger partial charge in [-0.15, -0.1) is 0 Å². The molecule has 1 atom stereocenters. The smallest absolute Gasteiger partial charge is 0.243 e. The van der Waals surface area contributed by atoms with Crippen LogP contribution in [-0.4, -0.2) is 38.8 Å². The van der Waals surface area contributed by atoms with Crippen LogP contribution in [-0.2, 0) is 21.4 Å². The maximum absolute atomic E-state index is 13.0. The molecule has 2 aromatic rings. The van der Waals surface area contributed by atoms with Crippen LogP contribution in [0.4, 0.5) is 0 Å². The Labute approximate surface area is 180 Å². The summed E-state index contributed by atoms with van der Waals surface area (Å²) < 4.78 is 32.4. The quantitative estimate of drug-likeness (QED) is 0.718. The van der Waals surface area contributed by atoms with Crippen LogP contribution in [0.1, 0.15) is 18.4 Å². The number of amides is 1. The Hall–Kier alpha value is -1.80. The van der Waals surface area contributed by atoms with Crippen LogP contribution >= 0.6 is 23.2 Å². The van der Waals surface area contributed by atoms with Gasteiger partial charge >= 0.3 is 0 Å². The fraction of sp³-hybridized carbons (Fsp3) is 0.350. The number of rotatable bonds is 6. The Morgan fingerprint density at radius 3 is 2.59 bits per heavy atom. The van der Waals surface area contributed by atoms with E-state index < -0.39 is 15.9 Å². The molecule has 29 heavy (non-hydrogen) atoms. The molecule has 0 spiro atoms. The molecule has 0 radical (unpaired) electrons. The van der Waals surface area contributed by atoms with Gasteiger partial charge in [-0.2, -0.15) is 4.31 Å². The first-order valence-electron chi connectivity index (χ1n) is 9.17. The molecule has 3 rings (SSSR count). The van der Waals surface area contributed by atoms with E-state index in [0.29, 0.717) is 36.7 Å². The maximum Gasteiger partial charge on any atom is 0.243 e. The lowest BCUT2D eigenvalue weighted by atomic mass is 9.99. The number of sulfonamides is 1. The highest BCUT2D eigenvalue weighted by atomic mass is 35.5. The van der Waals surface area contributed by atoms with Crippen LogP contribution in [0.2, 0.25) is 10.0 Å². The molecule has 0 saturated carbocycles. The minimum Gasteiger partial charge on any atom is -0.495 e. The summed E-state index contributed by atoms with van der Waals surface area (Å²) in [4.78, 5) is 12.7. The average Bonchev–Trinajstić information content (AvgIpc) is 2.73. The lowest BCUT2D eigenvalue weighted by Gasteiger charge is -2.31. The monoisotopic (exact) mass is 456 g/mol. The zero-order valence-corrected chi connectivity index (χ0v) is 18.2. The lowest BCUT2D eigenvalue weighted by molar-refractivity contribution is -0.126. The van der Waals surface area contributed by atoms with E-state index in [9.17, 15) is 13.2 Å². The van der Waals surface area contributed by atoms with Crippen molar-refractivity contribution < 1.29 is 17.9 Å². The second-order valence-corrected chi connectivity index (χ2v) is 9.62. The van der Waals surface area contributed by atoms with Gasteiger partial charge in [-0.05, 0) is 48.7 Å². The third-order valence-electron chi connectivity index (χ3n) is 4.90. The molecule has 1 saturated heterocycles. The van der Waals surface area contributed by atoms with E-state index in [4.69, 9.17) is 27.9 Å². The van der Waals surface area contributed by atoms with E-state index in [1.165, 1.54) is 29.6 Å². The number of ether oxygens (including phenoxy) is 1. The van der Waals surface area contributed by atoms with Crippen LogP contribution in [0.25, 0.3) is 0 Å². The second-order valence-electron chi connectivity index (χ2n) is 6.84. The van der Waals surface area contributed by atoms with Crippen LogP contribution in [0.5, 0.6) is 5.75 Å². The van der Waals surface area contributed by atoms with Crippen LogP contribution < -0.4 is 10.1 Å². The highest BCUT2D eigenvalue weighted by Gasteiger charge is 2.33. The summed E-state index contributed by atoms with van der Waals surface area (Å²) in [5.74, 6) is -0.157.